The Kier molecular flexibility index (Phi) is 8.82. The number of allylic oxidation sites excluding steroid dienone is 1. The zero-order valence-corrected chi connectivity index (χ0v) is 14.2. The fourth-order valence-electron chi connectivity index (χ4n) is 2.10. The lowest BCUT2D eigenvalue weighted by Gasteiger charge is -2.16. The summed E-state index contributed by atoms with van der Waals surface area (Å²) in [4.78, 5) is 0. The van der Waals surface area contributed by atoms with Gasteiger partial charge in [-0.1, -0.05) is 36.2 Å². The largest absolute Gasteiger partial charge is 0.492 e. The van der Waals surface area contributed by atoms with Crippen LogP contribution in [0.3, 0.4) is 0 Å². The third-order valence-electron chi connectivity index (χ3n) is 3.39. The van der Waals surface area contributed by atoms with Gasteiger partial charge in [0.2, 0.25) is 0 Å². The number of unbranched alkanes of at least 4 members (excludes halogenated alkanes) is 3. The first kappa shape index (κ1) is 18.3. The van der Waals surface area contributed by atoms with E-state index in [0.29, 0.717) is 16.7 Å². The van der Waals surface area contributed by atoms with E-state index in [1.54, 1.807) is 6.07 Å². The highest BCUT2D eigenvalue weighted by atomic mass is 35.5. The van der Waals surface area contributed by atoms with Gasteiger partial charge in [0.25, 0.3) is 0 Å². The molecule has 0 aromatic heterocycles. The number of nitrogens with two attached hydrogens (primary N) is 1. The summed E-state index contributed by atoms with van der Waals surface area (Å²) in [5, 5.41) is 1.18. The van der Waals surface area contributed by atoms with Crippen molar-refractivity contribution < 1.29 is 4.74 Å². The maximum Gasteiger partial charge on any atom is 0.141 e. The third-order valence-corrected chi connectivity index (χ3v) is 3.89. The van der Waals surface area contributed by atoms with Gasteiger partial charge in [-0.3, -0.25) is 0 Å². The molecule has 1 atom stereocenters. The van der Waals surface area contributed by atoms with Crippen LogP contribution in [0, 0.1) is 0 Å². The van der Waals surface area contributed by atoms with Crippen molar-refractivity contribution in [2.75, 3.05) is 6.61 Å². The minimum absolute atomic E-state index is 0.0921. The minimum Gasteiger partial charge on any atom is -0.492 e. The van der Waals surface area contributed by atoms with E-state index in [-0.39, 0.29) is 6.04 Å². The van der Waals surface area contributed by atoms with E-state index < -0.39 is 0 Å². The van der Waals surface area contributed by atoms with Crippen molar-refractivity contribution >= 4 is 23.2 Å². The molecule has 1 aromatic carbocycles. The van der Waals surface area contributed by atoms with Gasteiger partial charge in [0.05, 0.1) is 11.6 Å². The Balaban J connectivity index is 2.64. The summed E-state index contributed by atoms with van der Waals surface area (Å²) in [6.45, 7) is 6.45. The van der Waals surface area contributed by atoms with Crippen LogP contribution < -0.4 is 10.5 Å². The number of ether oxygens (including phenoxy) is 1. The van der Waals surface area contributed by atoms with Crippen LogP contribution in [0.15, 0.2) is 24.8 Å². The van der Waals surface area contributed by atoms with Crippen LogP contribution in [-0.4, -0.2) is 12.6 Å². The lowest BCUT2D eigenvalue weighted by atomic mass is 10.0. The molecule has 0 aliphatic rings. The number of rotatable bonds is 10. The lowest BCUT2D eigenvalue weighted by molar-refractivity contribution is 0.302. The second kappa shape index (κ2) is 10.1. The van der Waals surface area contributed by atoms with E-state index in [9.17, 15) is 0 Å². The zero-order valence-electron chi connectivity index (χ0n) is 12.7. The minimum atomic E-state index is 0.0921. The average molecular weight is 330 g/mol. The highest BCUT2D eigenvalue weighted by Crippen LogP contribution is 2.33. The Morgan fingerprint density at radius 2 is 2.05 bits per heavy atom. The first-order valence-electron chi connectivity index (χ1n) is 7.55. The molecule has 0 radical (unpaired) electrons. The lowest BCUT2D eigenvalue weighted by Crippen LogP contribution is -2.21. The van der Waals surface area contributed by atoms with Gasteiger partial charge in [0, 0.05) is 11.1 Å². The third kappa shape index (κ3) is 6.73. The van der Waals surface area contributed by atoms with Crippen molar-refractivity contribution in [2.45, 2.75) is 51.5 Å². The molecule has 4 heteroatoms. The second-order valence-corrected chi connectivity index (χ2v) is 6.08. The SMILES string of the molecule is C=CCCCCCOc1c(Cl)cc(Cl)cc1CC(N)CC. The molecule has 0 amide bonds. The molecule has 0 bridgehead atoms. The van der Waals surface area contributed by atoms with Gasteiger partial charge in [-0.15, -0.1) is 6.58 Å². The topological polar surface area (TPSA) is 35.2 Å². The highest BCUT2D eigenvalue weighted by molar-refractivity contribution is 6.35. The molecule has 2 nitrogen and oxygen atoms in total. The van der Waals surface area contributed by atoms with Crippen LogP contribution in [0.25, 0.3) is 0 Å². The Morgan fingerprint density at radius 3 is 2.71 bits per heavy atom. The molecule has 1 unspecified atom stereocenters. The molecule has 1 aromatic rings. The Hall–Kier alpha value is -0.700. The number of hydrogen-bond acceptors (Lipinski definition) is 2. The van der Waals surface area contributed by atoms with Crippen molar-refractivity contribution in [1.82, 2.24) is 0 Å². The summed E-state index contributed by atoms with van der Waals surface area (Å²) in [6, 6.07) is 3.71. The van der Waals surface area contributed by atoms with Crippen LogP contribution in [0.5, 0.6) is 5.75 Å². The monoisotopic (exact) mass is 329 g/mol. The van der Waals surface area contributed by atoms with Crippen LogP contribution in [0.1, 0.15) is 44.6 Å². The summed E-state index contributed by atoms with van der Waals surface area (Å²) in [5.74, 6) is 0.730. The van der Waals surface area contributed by atoms with Gasteiger partial charge in [-0.05, 0) is 56.2 Å². The normalized spacial score (nSPS) is 12.2. The first-order chi connectivity index (χ1) is 10.1. The maximum absolute atomic E-state index is 6.26. The first-order valence-corrected chi connectivity index (χ1v) is 8.31. The standard InChI is InChI=1S/C17H25Cl2NO/c1-3-5-6-7-8-9-21-17-13(11-15(20)4-2)10-14(18)12-16(17)19/h3,10,12,15H,1,4-9,11,20H2,2H3. The average Bonchev–Trinajstić information content (AvgIpc) is 2.44. The molecule has 0 heterocycles. The summed E-state index contributed by atoms with van der Waals surface area (Å²) < 4.78 is 5.88. The van der Waals surface area contributed by atoms with E-state index >= 15 is 0 Å². The molecule has 118 valence electrons. The van der Waals surface area contributed by atoms with Crippen LogP contribution >= 0.6 is 23.2 Å². The van der Waals surface area contributed by atoms with E-state index in [2.05, 4.69) is 13.5 Å². The van der Waals surface area contributed by atoms with Crippen LogP contribution in [0.2, 0.25) is 10.0 Å². The molecule has 0 aliphatic heterocycles. The van der Waals surface area contributed by atoms with E-state index in [1.807, 2.05) is 12.1 Å². The quantitative estimate of drug-likeness (QED) is 0.460. The zero-order chi connectivity index (χ0) is 15.7. The molecule has 21 heavy (non-hydrogen) atoms. The van der Waals surface area contributed by atoms with Crippen molar-refractivity contribution in [2.24, 2.45) is 5.73 Å². The van der Waals surface area contributed by atoms with Gasteiger partial charge in [0.1, 0.15) is 5.75 Å². The van der Waals surface area contributed by atoms with Crippen molar-refractivity contribution in [3.63, 3.8) is 0 Å². The van der Waals surface area contributed by atoms with Gasteiger partial charge in [-0.2, -0.15) is 0 Å². The van der Waals surface area contributed by atoms with Gasteiger partial charge in [-0.25, -0.2) is 0 Å². The summed E-state index contributed by atoms with van der Waals surface area (Å²) in [5.41, 5.74) is 7.03. The molecule has 0 aliphatic carbocycles. The van der Waals surface area contributed by atoms with Gasteiger partial charge < -0.3 is 10.5 Å². The van der Waals surface area contributed by atoms with E-state index in [4.69, 9.17) is 33.7 Å². The van der Waals surface area contributed by atoms with Gasteiger partial charge in [0.15, 0.2) is 0 Å². The molecule has 2 N–H and O–H groups in total. The number of halogens is 2. The summed E-state index contributed by atoms with van der Waals surface area (Å²) in [7, 11) is 0. The molecule has 1 rings (SSSR count). The fraction of sp³-hybridized carbons (Fsp3) is 0.529. The molecular formula is C17H25Cl2NO. The van der Waals surface area contributed by atoms with Crippen molar-refractivity contribution in [3.05, 3.63) is 40.4 Å². The Bertz CT molecular complexity index is 449. The second-order valence-electron chi connectivity index (χ2n) is 5.23. The maximum atomic E-state index is 6.26. The predicted molar refractivity (Wildman–Crippen MR) is 92.6 cm³/mol. The highest BCUT2D eigenvalue weighted by Gasteiger charge is 2.13. The smallest absolute Gasteiger partial charge is 0.141 e. The van der Waals surface area contributed by atoms with Crippen LogP contribution in [0.4, 0.5) is 0 Å². The van der Waals surface area contributed by atoms with Crippen molar-refractivity contribution in [3.8, 4) is 5.75 Å². The molecular weight excluding hydrogens is 305 g/mol. The number of hydrogen-bond donors (Lipinski definition) is 1. The van der Waals surface area contributed by atoms with E-state index in [0.717, 1.165) is 49.8 Å². The summed E-state index contributed by atoms with van der Waals surface area (Å²) >= 11 is 12.3. The Labute approximate surface area is 138 Å². The number of benzene rings is 1. The summed E-state index contributed by atoms with van der Waals surface area (Å²) in [6.07, 6.45) is 7.91. The predicted octanol–water partition coefficient (Wildman–Crippen LogP) is 5.40. The molecule has 0 saturated heterocycles. The van der Waals surface area contributed by atoms with Gasteiger partial charge >= 0.3 is 0 Å². The van der Waals surface area contributed by atoms with Crippen molar-refractivity contribution in [1.29, 1.82) is 0 Å². The Morgan fingerprint density at radius 1 is 1.29 bits per heavy atom. The van der Waals surface area contributed by atoms with E-state index in [1.165, 1.54) is 0 Å². The molecule has 0 spiro atoms. The fourth-order valence-corrected chi connectivity index (χ4v) is 2.69. The molecule has 0 fully saturated rings. The van der Waals surface area contributed by atoms with Crippen LogP contribution in [-0.2, 0) is 6.42 Å². The molecule has 0 saturated carbocycles.